The Kier molecular flexibility index (Phi) is 7.59. The molecule has 1 saturated carbocycles. The van der Waals surface area contributed by atoms with Gasteiger partial charge in [0.1, 0.15) is 5.82 Å². The van der Waals surface area contributed by atoms with E-state index in [1.807, 2.05) is 4.90 Å². The van der Waals surface area contributed by atoms with Crippen molar-refractivity contribution in [2.24, 2.45) is 11.3 Å². The second kappa shape index (κ2) is 10.7. The Morgan fingerprint density at radius 3 is 2.52 bits per heavy atom. The number of hydrogen-bond donors (Lipinski definition) is 3. The van der Waals surface area contributed by atoms with Crippen molar-refractivity contribution in [2.75, 3.05) is 65.1 Å². The van der Waals surface area contributed by atoms with Crippen LogP contribution in [0.25, 0.3) is 0 Å². The van der Waals surface area contributed by atoms with Crippen LogP contribution < -0.4 is 19.8 Å². The number of aliphatic hydroxyl groups excluding tert-OH is 1. The van der Waals surface area contributed by atoms with Gasteiger partial charge in [-0.15, -0.1) is 0 Å². The smallest absolute Gasteiger partial charge is 0.258 e. The van der Waals surface area contributed by atoms with Crippen LogP contribution in [0.1, 0.15) is 41.7 Å². The van der Waals surface area contributed by atoms with Gasteiger partial charge in [0.2, 0.25) is 16.0 Å². The predicted octanol–water partition coefficient (Wildman–Crippen LogP) is 3.19. The van der Waals surface area contributed by atoms with Crippen LogP contribution in [0.2, 0.25) is 0 Å². The number of alkyl halides is 3. The van der Waals surface area contributed by atoms with Gasteiger partial charge < -0.3 is 20.2 Å². The number of amides is 1. The van der Waals surface area contributed by atoms with Gasteiger partial charge in [-0.25, -0.2) is 22.2 Å². The van der Waals surface area contributed by atoms with E-state index in [4.69, 9.17) is 5.11 Å². The molecule has 3 N–H and O–H groups in total. The first-order chi connectivity index (χ1) is 18.9. The minimum atomic E-state index is -3.79. The molecular formula is C26H33F3N6O4S. The summed E-state index contributed by atoms with van der Waals surface area (Å²) in [5.74, 6) is -3.06. The number of fused-ring (bicyclic) bond motifs is 1. The zero-order valence-electron chi connectivity index (χ0n) is 22.2. The van der Waals surface area contributed by atoms with Gasteiger partial charge in [0.15, 0.2) is 0 Å². The number of sulfonamides is 1. The van der Waals surface area contributed by atoms with E-state index in [2.05, 4.69) is 20.0 Å². The molecule has 3 aliphatic rings. The lowest BCUT2D eigenvalue weighted by molar-refractivity contribution is -0.0222. The van der Waals surface area contributed by atoms with Crippen LogP contribution in [-0.2, 0) is 10.0 Å². The fraction of sp³-hybridized carbons (Fsp3) is 0.577. The van der Waals surface area contributed by atoms with Crippen LogP contribution >= 0.6 is 0 Å². The number of aliphatic hydroxyl groups is 1. The summed E-state index contributed by atoms with van der Waals surface area (Å²) >= 11 is 0. The first kappa shape index (κ1) is 28.4. The number of piperidine rings is 2. The van der Waals surface area contributed by atoms with Crippen molar-refractivity contribution >= 4 is 39.1 Å². The molecular weight excluding hydrogens is 549 g/mol. The average molecular weight is 583 g/mol. The van der Waals surface area contributed by atoms with E-state index >= 15 is 0 Å². The number of aryl methyl sites for hydroxylation is 1. The number of nitrogens with one attached hydrogen (secondary N) is 2. The molecule has 5 rings (SSSR count). The standard InChI is InChI=1S/C26H33F3N6O4S/c1-17-12-22(32-24(30-17)34-8-5-26(28,29)6-9-34)31-23(37)20-3-2-19(33-40(38,39)11-10-36)13-21(20)35-7-4-25(16-27)14-18(25)15-35/h2-3,12-13,18,33,36H,4-11,14-16H2,1H3,(H,30,31,32,37). The summed E-state index contributed by atoms with van der Waals surface area (Å²) in [7, 11) is -3.79. The molecule has 2 aliphatic heterocycles. The Labute approximate surface area is 231 Å². The Hall–Kier alpha value is -3.13. The summed E-state index contributed by atoms with van der Waals surface area (Å²) in [6.45, 7) is 2.03. The summed E-state index contributed by atoms with van der Waals surface area (Å²) in [6.07, 6.45) is 0.795. The van der Waals surface area contributed by atoms with Gasteiger partial charge in [-0.05, 0) is 43.9 Å². The molecule has 1 aromatic heterocycles. The molecule has 2 saturated heterocycles. The molecule has 0 spiro atoms. The number of halogens is 3. The fourth-order valence-corrected chi connectivity index (χ4v) is 6.36. The molecule has 2 unspecified atom stereocenters. The monoisotopic (exact) mass is 582 g/mol. The first-order valence-electron chi connectivity index (χ1n) is 13.3. The average Bonchev–Trinajstić information content (AvgIpc) is 3.62. The van der Waals surface area contributed by atoms with E-state index in [1.165, 1.54) is 12.1 Å². The maximum absolute atomic E-state index is 13.6. The molecule has 10 nitrogen and oxygen atoms in total. The van der Waals surface area contributed by atoms with Crippen LogP contribution in [0.4, 0.5) is 36.3 Å². The van der Waals surface area contributed by atoms with Crippen LogP contribution in [0.3, 0.4) is 0 Å². The van der Waals surface area contributed by atoms with Crippen molar-refractivity contribution in [3.63, 3.8) is 0 Å². The number of aromatic nitrogens is 2. The third kappa shape index (κ3) is 6.12. The van der Waals surface area contributed by atoms with Gasteiger partial charge >= 0.3 is 0 Å². The molecule has 2 aromatic rings. The van der Waals surface area contributed by atoms with Crippen molar-refractivity contribution < 1.29 is 31.5 Å². The highest BCUT2D eigenvalue weighted by Gasteiger charge is 2.56. The number of nitrogens with zero attached hydrogens (tertiary/aromatic N) is 4. The number of benzene rings is 1. The Morgan fingerprint density at radius 2 is 1.85 bits per heavy atom. The molecule has 1 aliphatic carbocycles. The predicted molar refractivity (Wildman–Crippen MR) is 145 cm³/mol. The molecule has 3 heterocycles. The van der Waals surface area contributed by atoms with E-state index in [-0.39, 0.29) is 67.0 Å². The number of anilines is 4. The van der Waals surface area contributed by atoms with Crippen molar-refractivity contribution in [1.29, 1.82) is 0 Å². The zero-order valence-corrected chi connectivity index (χ0v) is 23.0. The topological polar surface area (TPSA) is 128 Å². The van der Waals surface area contributed by atoms with Gasteiger partial charge in [0.05, 0.1) is 36.0 Å². The van der Waals surface area contributed by atoms with Crippen LogP contribution in [0.5, 0.6) is 0 Å². The number of rotatable bonds is 9. The van der Waals surface area contributed by atoms with Crippen molar-refractivity contribution in [3.05, 3.63) is 35.5 Å². The van der Waals surface area contributed by atoms with Gasteiger partial charge in [0.25, 0.3) is 11.8 Å². The largest absolute Gasteiger partial charge is 0.395 e. The fourth-order valence-electron chi connectivity index (χ4n) is 5.54. The summed E-state index contributed by atoms with van der Waals surface area (Å²) < 4.78 is 67.8. The molecule has 1 amide bonds. The molecule has 3 fully saturated rings. The van der Waals surface area contributed by atoms with Crippen LogP contribution in [-0.4, -0.2) is 80.5 Å². The summed E-state index contributed by atoms with van der Waals surface area (Å²) in [4.78, 5) is 25.9. The van der Waals surface area contributed by atoms with E-state index in [9.17, 15) is 26.4 Å². The number of carbonyl (C=O) groups is 1. The SMILES string of the molecule is Cc1cc(NC(=O)c2ccc(NS(=O)(=O)CCO)cc2N2CCC3(CF)CC3C2)nc(N2CCC(F)(F)CC2)n1. The summed E-state index contributed by atoms with van der Waals surface area (Å²) in [5.41, 5.74) is 1.25. The molecule has 218 valence electrons. The normalized spacial score (nSPS) is 23.9. The van der Waals surface area contributed by atoms with Crippen molar-refractivity contribution in [2.45, 2.75) is 38.5 Å². The highest BCUT2D eigenvalue weighted by molar-refractivity contribution is 7.92. The Balaban J connectivity index is 1.40. The second-order valence-corrected chi connectivity index (χ2v) is 12.8. The molecule has 14 heteroatoms. The molecule has 0 radical (unpaired) electrons. The summed E-state index contributed by atoms with van der Waals surface area (Å²) in [6, 6.07) is 6.12. The van der Waals surface area contributed by atoms with Gasteiger partial charge in [0, 0.05) is 56.2 Å². The quantitative estimate of drug-likeness (QED) is 0.412. The Morgan fingerprint density at radius 1 is 1.12 bits per heavy atom. The van der Waals surface area contributed by atoms with E-state index in [0.29, 0.717) is 30.9 Å². The van der Waals surface area contributed by atoms with Gasteiger partial charge in [-0.2, -0.15) is 4.98 Å². The van der Waals surface area contributed by atoms with Gasteiger partial charge in [-0.1, -0.05) is 0 Å². The van der Waals surface area contributed by atoms with Crippen molar-refractivity contribution in [1.82, 2.24) is 9.97 Å². The third-order valence-corrected chi connectivity index (χ3v) is 9.29. The molecule has 1 aromatic carbocycles. The number of carbonyl (C=O) groups excluding carboxylic acids is 1. The van der Waals surface area contributed by atoms with E-state index in [0.717, 1.165) is 6.42 Å². The van der Waals surface area contributed by atoms with E-state index < -0.39 is 34.2 Å². The Bertz CT molecular complexity index is 1380. The van der Waals surface area contributed by atoms with Crippen LogP contribution in [0.15, 0.2) is 24.3 Å². The lowest BCUT2D eigenvalue weighted by Crippen LogP contribution is -2.40. The molecule has 40 heavy (non-hydrogen) atoms. The maximum Gasteiger partial charge on any atom is 0.258 e. The third-order valence-electron chi connectivity index (χ3n) is 8.02. The highest BCUT2D eigenvalue weighted by atomic mass is 32.2. The number of hydrogen-bond acceptors (Lipinski definition) is 8. The lowest BCUT2D eigenvalue weighted by atomic mass is 9.96. The molecule has 2 atom stereocenters. The minimum absolute atomic E-state index is 0.0954. The van der Waals surface area contributed by atoms with E-state index in [1.54, 1.807) is 24.0 Å². The zero-order chi connectivity index (χ0) is 28.7. The lowest BCUT2D eigenvalue weighted by Gasteiger charge is -2.33. The first-order valence-corrected chi connectivity index (χ1v) is 14.9. The van der Waals surface area contributed by atoms with Crippen LogP contribution in [0, 0.1) is 18.3 Å². The summed E-state index contributed by atoms with van der Waals surface area (Å²) in [5, 5.41) is 11.8. The molecule has 0 bridgehead atoms. The second-order valence-electron chi connectivity index (χ2n) is 11.0. The maximum atomic E-state index is 13.6. The van der Waals surface area contributed by atoms with Crippen molar-refractivity contribution in [3.8, 4) is 0 Å². The minimum Gasteiger partial charge on any atom is -0.395 e. The highest BCUT2D eigenvalue weighted by Crippen LogP contribution is 2.58. The van der Waals surface area contributed by atoms with Gasteiger partial charge in [-0.3, -0.25) is 13.9 Å².